The van der Waals surface area contributed by atoms with Crippen molar-refractivity contribution < 1.29 is 5.11 Å². The smallest absolute Gasteiger partial charge is 0.225 e. The number of hydrogen-bond acceptors (Lipinski definition) is 6. The average molecular weight is 370 g/mol. The van der Waals surface area contributed by atoms with Crippen LogP contribution in [-0.4, -0.2) is 33.2 Å². The van der Waals surface area contributed by atoms with Crippen molar-refractivity contribution in [1.82, 2.24) is 15.0 Å². The summed E-state index contributed by atoms with van der Waals surface area (Å²) in [7, 11) is 0. The molecule has 0 aliphatic heterocycles. The van der Waals surface area contributed by atoms with Gasteiger partial charge in [0.25, 0.3) is 0 Å². The lowest BCUT2D eigenvalue weighted by Crippen LogP contribution is -2.10. The van der Waals surface area contributed by atoms with Crippen LogP contribution in [0.2, 0.25) is 5.02 Å². The van der Waals surface area contributed by atoms with Crippen molar-refractivity contribution in [2.75, 3.05) is 23.8 Å². The monoisotopic (exact) mass is 369 g/mol. The van der Waals surface area contributed by atoms with E-state index in [4.69, 9.17) is 16.7 Å². The molecule has 0 bridgehead atoms. The van der Waals surface area contributed by atoms with E-state index < -0.39 is 0 Å². The standard InChI is InChI=1S/C19H20ClN5O/c1-12-5-6-15(20)13(2)18(12)24-17-10-16(14-4-3-7-21-11-14)23-19(25-17)22-8-9-26/h3-7,10-11,26H,8-9H2,1-2H3,(H2,22,23,24,25). The van der Waals surface area contributed by atoms with Gasteiger partial charge in [0.2, 0.25) is 5.95 Å². The fourth-order valence-corrected chi connectivity index (χ4v) is 2.72. The molecular formula is C19H20ClN5O. The molecule has 26 heavy (non-hydrogen) atoms. The number of nitrogens with zero attached hydrogens (tertiary/aromatic N) is 3. The summed E-state index contributed by atoms with van der Waals surface area (Å²) >= 11 is 6.26. The Morgan fingerprint density at radius 2 is 2.00 bits per heavy atom. The Morgan fingerprint density at radius 1 is 1.15 bits per heavy atom. The maximum Gasteiger partial charge on any atom is 0.225 e. The molecule has 2 aromatic heterocycles. The lowest BCUT2D eigenvalue weighted by Gasteiger charge is -2.15. The number of halogens is 1. The van der Waals surface area contributed by atoms with Crippen LogP contribution in [0.1, 0.15) is 11.1 Å². The minimum absolute atomic E-state index is 0.00421. The van der Waals surface area contributed by atoms with Gasteiger partial charge in [-0.25, -0.2) is 4.98 Å². The summed E-state index contributed by atoms with van der Waals surface area (Å²) in [6, 6.07) is 9.50. The van der Waals surface area contributed by atoms with Gasteiger partial charge >= 0.3 is 0 Å². The van der Waals surface area contributed by atoms with Crippen LogP contribution in [0.3, 0.4) is 0 Å². The van der Waals surface area contributed by atoms with Gasteiger partial charge < -0.3 is 15.7 Å². The maximum absolute atomic E-state index is 9.06. The van der Waals surface area contributed by atoms with E-state index in [1.165, 1.54) is 0 Å². The second kappa shape index (κ2) is 8.12. The maximum atomic E-state index is 9.06. The summed E-state index contributed by atoms with van der Waals surface area (Å²) < 4.78 is 0. The van der Waals surface area contributed by atoms with E-state index >= 15 is 0 Å². The Bertz CT molecular complexity index is 902. The predicted molar refractivity (Wildman–Crippen MR) is 105 cm³/mol. The fraction of sp³-hybridized carbons (Fsp3) is 0.211. The molecule has 7 heteroatoms. The Kier molecular flexibility index (Phi) is 5.65. The number of benzene rings is 1. The van der Waals surface area contributed by atoms with Gasteiger partial charge in [0.15, 0.2) is 0 Å². The van der Waals surface area contributed by atoms with Gasteiger partial charge in [-0.2, -0.15) is 4.98 Å². The second-order valence-corrected chi connectivity index (χ2v) is 6.25. The minimum Gasteiger partial charge on any atom is -0.395 e. The second-order valence-electron chi connectivity index (χ2n) is 5.84. The van der Waals surface area contributed by atoms with Gasteiger partial charge in [-0.05, 0) is 43.2 Å². The van der Waals surface area contributed by atoms with Crippen LogP contribution in [-0.2, 0) is 0 Å². The minimum atomic E-state index is -0.00421. The van der Waals surface area contributed by atoms with Crippen molar-refractivity contribution in [3.8, 4) is 11.3 Å². The Morgan fingerprint density at radius 3 is 2.73 bits per heavy atom. The van der Waals surface area contributed by atoms with E-state index in [2.05, 4.69) is 25.6 Å². The molecule has 3 rings (SSSR count). The third kappa shape index (κ3) is 4.09. The molecular weight excluding hydrogens is 350 g/mol. The van der Waals surface area contributed by atoms with Crippen LogP contribution in [0.4, 0.5) is 17.5 Å². The van der Waals surface area contributed by atoms with Crippen molar-refractivity contribution in [3.05, 3.63) is 58.9 Å². The highest BCUT2D eigenvalue weighted by Crippen LogP contribution is 2.30. The van der Waals surface area contributed by atoms with Crippen molar-refractivity contribution >= 4 is 29.1 Å². The number of aromatic nitrogens is 3. The number of anilines is 3. The molecule has 0 amide bonds. The molecule has 0 aliphatic rings. The van der Waals surface area contributed by atoms with E-state index in [9.17, 15) is 0 Å². The number of aliphatic hydroxyl groups is 1. The number of hydrogen-bond donors (Lipinski definition) is 3. The molecule has 0 atom stereocenters. The number of aliphatic hydroxyl groups excluding tert-OH is 1. The first-order valence-corrected chi connectivity index (χ1v) is 8.63. The summed E-state index contributed by atoms with van der Waals surface area (Å²) in [6.07, 6.45) is 3.46. The molecule has 0 spiro atoms. The van der Waals surface area contributed by atoms with Crippen LogP contribution in [0.15, 0.2) is 42.7 Å². The lowest BCUT2D eigenvalue weighted by molar-refractivity contribution is 0.311. The highest BCUT2D eigenvalue weighted by Gasteiger charge is 2.11. The Hall–Kier alpha value is -2.70. The number of pyridine rings is 1. The van der Waals surface area contributed by atoms with Crippen LogP contribution < -0.4 is 10.6 Å². The summed E-state index contributed by atoms with van der Waals surface area (Å²) in [5, 5.41) is 16.1. The largest absolute Gasteiger partial charge is 0.395 e. The molecule has 134 valence electrons. The fourth-order valence-electron chi connectivity index (χ4n) is 2.56. The van der Waals surface area contributed by atoms with Crippen molar-refractivity contribution in [3.63, 3.8) is 0 Å². The molecule has 2 heterocycles. The van der Waals surface area contributed by atoms with Gasteiger partial charge in [0.05, 0.1) is 12.3 Å². The highest BCUT2D eigenvalue weighted by molar-refractivity contribution is 6.31. The zero-order chi connectivity index (χ0) is 18.5. The molecule has 3 aromatic rings. The Balaban J connectivity index is 2.02. The highest BCUT2D eigenvalue weighted by atomic mass is 35.5. The van der Waals surface area contributed by atoms with Crippen LogP contribution in [0.25, 0.3) is 11.3 Å². The molecule has 1 aromatic carbocycles. The van der Waals surface area contributed by atoms with Crippen LogP contribution >= 0.6 is 11.6 Å². The number of aryl methyl sites for hydroxylation is 1. The number of rotatable bonds is 6. The van der Waals surface area contributed by atoms with Gasteiger partial charge in [-0.15, -0.1) is 0 Å². The summed E-state index contributed by atoms with van der Waals surface area (Å²) in [5.74, 6) is 1.06. The first-order chi connectivity index (χ1) is 12.6. The van der Waals surface area contributed by atoms with Gasteiger partial charge in [-0.1, -0.05) is 17.7 Å². The molecule has 0 unspecified atom stereocenters. The molecule has 0 aliphatic carbocycles. The summed E-state index contributed by atoms with van der Waals surface area (Å²) in [4.78, 5) is 13.1. The number of nitrogens with one attached hydrogen (secondary N) is 2. The SMILES string of the molecule is Cc1ccc(Cl)c(C)c1Nc1cc(-c2cccnc2)nc(NCCO)n1. The Labute approximate surface area is 157 Å². The van der Waals surface area contributed by atoms with E-state index in [0.29, 0.717) is 23.3 Å². The van der Waals surface area contributed by atoms with E-state index in [1.807, 2.05) is 44.2 Å². The topological polar surface area (TPSA) is 83.0 Å². The first kappa shape index (κ1) is 18.1. The quantitative estimate of drug-likeness (QED) is 0.610. The molecule has 0 fully saturated rings. The summed E-state index contributed by atoms with van der Waals surface area (Å²) in [6.45, 7) is 4.34. The zero-order valence-electron chi connectivity index (χ0n) is 14.6. The van der Waals surface area contributed by atoms with Gasteiger partial charge in [0.1, 0.15) is 5.82 Å². The van der Waals surface area contributed by atoms with Crippen LogP contribution in [0, 0.1) is 13.8 Å². The first-order valence-electron chi connectivity index (χ1n) is 8.25. The lowest BCUT2D eigenvalue weighted by atomic mass is 10.1. The van der Waals surface area contributed by atoms with Gasteiger partial charge in [-0.3, -0.25) is 4.98 Å². The van der Waals surface area contributed by atoms with Crippen molar-refractivity contribution in [2.45, 2.75) is 13.8 Å². The van der Waals surface area contributed by atoms with E-state index in [-0.39, 0.29) is 6.61 Å². The molecule has 3 N–H and O–H groups in total. The van der Waals surface area contributed by atoms with E-state index in [1.54, 1.807) is 12.4 Å². The third-order valence-corrected chi connectivity index (χ3v) is 4.35. The normalized spacial score (nSPS) is 10.6. The van der Waals surface area contributed by atoms with Gasteiger partial charge in [0, 0.05) is 41.3 Å². The van der Waals surface area contributed by atoms with Crippen molar-refractivity contribution in [2.24, 2.45) is 0 Å². The average Bonchev–Trinajstić information content (AvgIpc) is 2.67. The third-order valence-electron chi connectivity index (χ3n) is 3.94. The molecule has 0 saturated heterocycles. The molecule has 6 nitrogen and oxygen atoms in total. The van der Waals surface area contributed by atoms with E-state index in [0.717, 1.165) is 28.1 Å². The molecule has 0 radical (unpaired) electrons. The summed E-state index contributed by atoms with van der Waals surface area (Å²) in [5.41, 5.74) is 4.55. The van der Waals surface area contributed by atoms with Crippen LogP contribution in [0.5, 0.6) is 0 Å². The zero-order valence-corrected chi connectivity index (χ0v) is 15.4. The molecule has 0 saturated carbocycles. The predicted octanol–water partition coefficient (Wildman–Crippen LogP) is 3.96. The van der Waals surface area contributed by atoms with Crippen molar-refractivity contribution in [1.29, 1.82) is 0 Å².